The first-order chi connectivity index (χ1) is 17.9. The third-order valence-electron chi connectivity index (χ3n) is 6.44. The minimum absolute atomic E-state index is 0.0778. The van der Waals surface area contributed by atoms with E-state index in [-0.39, 0.29) is 28.5 Å². The van der Waals surface area contributed by atoms with Crippen LogP contribution in [0.15, 0.2) is 54.7 Å². The third-order valence-corrected chi connectivity index (χ3v) is 7.15. The summed E-state index contributed by atoms with van der Waals surface area (Å²) in [5, 5.41) is 5.28. The average Bonchev–Trinajstić information content (AvgIpc) is 3.34. The van der Waals surface area contributed by atoms with Crippen LogP contribution in [0.1, 0.15) is 28.0 Å². The minimum atomic E-state index is -2.82. The molecular formula is C26H23Cl2F2N5O2. The van der Waals surface area contributed by atoms with E-state index in [1.54, 1.807) is 47.4 Å². The van der Waals surface area contributed by atoms with Crippen LogP contribution in [0, 0.1) is 0 Å². The van der Waals surface area contributed by atoms with E-state index in [0.29, 0.717) is 54.1 Å². The highest BCUT2D eigenvalue weighted by Crippen LogP contribution is 2.32. The van der Waals surface area contributed by atoms with Gasteiger partial charge in [0, 0.05) is 53.9 Å². The van der Waals surface area contributed by atoms with Gasteiger partial charge in [-0.05, 0) is 30.3 Å². The summed E-state index contributed by atoms with van der Waals surface area (Å²) in [4.78, 5) is 21.9. The van der Waals surface area contributed by atoms with Gasteiger partial charge in [-0.2, -0.15) is 5.10 Å². The van der Waals surface area contributed by atoms with E-state index in [4.69, 9.17) is 27.9 Å². The summed E-state index contributed by atoms with van der Waals surface area (Å²) >= 11 is 12.6. The summed E-state index contributed by atoms with van der Waals surface area (Å²) < 4.78 is 34.4. The molecule has 0 bridgehead atoms. The molecule has 0 atom stereocenters. The molecule has 1 amide bonds. The predicted molar refractivity (Wildman–Crippen MR) is 138 cm³/mol. The molecule has 192 valence electrons. The number of hydrogen-bond donors (Lipinski definition) is 0. The van der Waals surface area contributed by atoms with E-state index in [1.165, 1.54) is 19.4 Å². The van der Waals surface area contributed by atoms with Gasteiger partial charge in [0.15, 0.2) is 5.65 Å². The number of ether oxygens (including phenoxy) is 1. The van der Waals surface area contributed by atoms with Gasteiger partial charge >= 0.3 is 0 Å². The van der Waals surface area contributed by atoms with Crippen LogP contribution in [-0.2, 0) is 6.54 Å². The number of carbonyl (C=O) groups excluding carboxylic acids is 1. The standard InChI is InChI=1S/C26H23Cl2F2N5O2/c1-37-23-8-3-2-5-16(23)21-13-22(24(29)30)35-25(32-21)17(14-31-35)26(36)34-11-9-33(10-12-34)15-18-19(27)6-4-7-20(18)28/h2-8,13-14,24H,9-12,15H2,1H3. The lowest BCUT2D eigenvalue weighted by Crippen LogP contribution is -2.48. The number of nitrogens with zero attached hydrogens (tertiary/aromatic N) is 5. The number of amides is 1. The van der Waals surface area contributed by atoms with Crippen molar-refractivity contribution in [2.75, 3.05) is 33.3 Å². The number of rotatable bonds is 6. The predicted octanol–water partition coefficient (Wildman–Crippen LogP) is 5.61. The van der Waals surface area contributed by atoms with Crippen LogP contribution in [0.5, 0.6) is 5.75 Å². The summed E-state index contributed by atoms with van der Waals surface area (Å²) in [6.45, 7) is 2.68. The Balaban J connectivity index is 1.41. The summed E-state index contributed by atoms with van der Waals surface area (Å²) in [6, 6.07) is 13.7. The molecule has 1 fully saturated rings. The zero-order valence-corrected chi connectivity index (χ0v) is 21.4. The van der Waals surface area contributed by atoms with Crippen molar-refractivity contribution in [1.82, 2.24) is 24.4 Å². The molecule has 11 heteroatoms. The fourth-order valence-corrected chi connectivity index (χ4v) is 4.99. The Morgan fingerprint density at radius 2 is 1.76 bits per heavy atom. The second kappa shape index (κ2) is 10.6. The molecule has 1 aliphatic heterocycles. The van der Waals surface area contributed by atoms with Crippen molar-refractivity contribution < 1.29 is 18.3 Å². The first kappa shape index (κ1) is 25.4. The van der Waals surface area contributed by atoms with Gasteiger partial charge in [-0.15, -0.1) is 0 Å². The van der Waals surface area contributed by atoms with Crippen molar-refractivity contribution in [3.05, 3.63) is 81.6 Å². The molecule has 4 aromatic rings. The fraction of sp³-hybridized carbons (Fsp3) is 0.269. The van der Waals surface area contributed by atoms with Gasteiger partial charge in [0.1, 0.15) is 17.0 Å². The van der Waals surface area contributed by atoms with Crippen molar-refractivity contribution in [3.8, 4) is 17.0 Å². The maximum atomic E-state index is 14.0. The normalized spacial score (nSPS) is 14.5. The van der Waals surface area contributed by atoms with Crippen LogP contribution in [0.25, 0.3) is 16.9 Å². The van der Waals surface area contributed by atoms with Crippen LogP contribution in [0.3, 0.4) is 0 Å². The molecule has 1 saturated heterocycles. The van der Waals surface area contributed by atoms with Crippen LogP contribution < -0.4 is 4.74 Å². The quantitative estimate of drug-likeness (QED) is 0.315. The summed E-state index contributed by atoms with van der Waals surface area (Å²) in [6.07, 6.45) is -1.51. The highest BCUT2D eigenvalue weighted by atomic mass is 35.5. The molecule has 0 spiro atoms. The molecule has 1 aliphatic rings. The second-order valence-corrected chi connectivity index (χ2v) is 9.44. The maximum absolute atomic E-state index is 14.0. The fourth-order valence-electron chi connectivity index (χ4n) is 4.47. The topological polar surface area (TPSA) is 63.0 Å². The SMILES string of the molecule is COc1ccccc1-c1cc(C(F)F)n2ncc(C(=O)N3CCN(Cc4c(Cl)cccc4Cl)CC3)c2n1. The number of hydrogen-bond acceptors (Lipinski definition) is 5. The first-order valence-corrected chi connectivity index (χ1v) is 12.4. The highest BCUT2D eigenvalue weighted by molar-refractivity contribution is 6.35. The van der Waals surface area contributed by atoms with E-state index in [1.807, 2.05) is 0 Å². The summed E-state index contributed by atoms with van der Waals surface area (Å²) in [5.41, 5.74) is 1.56. The highest BCUT2D eigenvalue weighted by Gasteiger charge is 2.28. The number of benzene rings is 2. The van der Waals surface area contributed by atoms with Gasteiger partial charge in [-0.3, -0.25) is 9.69 Å². The average molecular weight is 546 g/mol. The molecule has 0 saturated carbocycles. The van der Waals surface area contributed by atoms with Crippen molar-refractivity contribution in [2.24, 2.45) is 0 Å². The number of halogens is 4. The van der Waals surface area contributed by atoms with Crippen LogP contribution in [-0.4, -0.2) is 63.6 Å². The van der Waals surface area contributed by atoms with Crippen LogP contribution >= 0.6 is 23.2 Å². The van der Waals surface area contributed by atoms with Crippen molar-refractivity contribution in [2.45, 2.75) is 13.0 Å². The van der Waals surface area contributed by atoms with Crippen LogP contribution in [0.4, 0.5) is 8.78 Å². The lowest BCUT2D eigenvalue weighted by atomic mass is 10.1. The van der Waals surface area contributed by atoms with Gasteiger partial charge in [0.05, 0.1) is 19.0 Å². The van der Waals surface area contributed by atoms with Gasteiger partial charge in [-0.25, -0.2) is 18.3 Å². The van der Waals surface area contributed by atoms with Gasteiger partial charge in [0.25, 0.3) is 12.3 Å². The monoisotopic (exact) mass is 545 g/mol. The Hall–Kier alpha value is -3.27. The zero-order chi connectivity index (χ0) is 26.1. The van der Waals surface area contributed by atoms with Gasteiger partial charge in [-0.1, -0.05) is 41.4 Å². The lowest BCUT2D eigenvalue weighted by Gasteiger charge is -2.34. The molecule has 3 heterocycles. The molecule has 0 aliphatic carbocycles. The lowest BCUT2D eigenvalue weighted by molar-refractivity contribution is 0.0630. The molecule has 2 aromatic carbocycles. The summed E-state index contributed by atoms with van der Waals surface area (Å²) in [5.74, 6) is 0.178. The number of para-hydroxylation sites is 1. The number of alkyl halides is 2. The molecule has 37 heavy (non-hydrogen) atoms. The molecule has 7 nitrogen and oxygen atoms in total. The number of fused-ring (bicyclic) bond motifs is 1. The molecule has 0 N–H and O–H groups in total. The minimum Gasteiger partial charge on any atom is -0.496 e. The first-order valence-electron chi connectivity index (χ1n) is 11.6. The molecular weight excluding hydrogens is 523 g/mol. The third kappa shape index (κ3) is 4.99. The Morgan fingerprint density at radius 1 is 1.05 bits per heavy atom. The van der Waals surface area contributed by atoms with E-state index in [0.717, 1.165) is 10.1 Å². The van der Waals surface area contributed by atoms with Gasteiger partial charge < -0.3 is 9.64 Å². The van der Waals surface area contributed by atoms with Crippen LogP contribution in [0.2, 0.25) is 10.0 Å². The van der Waals surface area contributed by atoms with E-state index >= 15 is 0 Å². The number of methoxy groups -OCH3 is 1. The molecule has 0 unspecified atom stereocenters. The maximum Gasteiger partial charge on any atom is 0.280 e. The summed E-state index contributed by atoms with van der Waals surface area (Å²) in [7, 11) is 1.50. The van der Waals surface area contributed by atoms with Crippen molar-refractivity contribution in [1.29, 1.82) is 0 Å². The Kier molecular flexibility index (Phi) is 7.28. The Morgan fingerprint density at radius 3 is 2.43 bits per heavy atom. The largest absolute Gasteiger partial charge is 0.496 e. The Labute approximate surface area is 222 Å². The van der Waals surface area contributed by atoms with Crippen molar-refractivity contribution in [3.63, 3.8) is 0 Å². The molecule has 5 rings (SSSR count). The zero-order valence-electron chi connectivity index (χ0n) is 19.9. The second-order valence-electron chi connectivity index (χ2n) is 8.63. The van der Waals surface area contributed by atoms with E-state index in [9.17, 15) is 13.6 Å². The van der Waals surface area contributed by atoms with E-state index in [2.05, 4.69) is 15.0 Å². The van der Waals surface area contributed by atoms with Crippen molar-refractivity contribution >= 4 is 34.8 Å². The molecule has 2 aromatic heterocycles. The smallest absolute Gasteiger partial charge is 0.280 e. The number of carbonyl (C=O) groups is 1. The Bertz CT molecular complexity index is 1430. The van der Waals surface area contributed by atoms with E-state index < -0.39 is 6.43 Å². The van der Waals surface area contributed by atoms with Gasteiger partial charge in [0.2, 0.25) is 0 Å². The number of aromatic nitrogens is 3. The number of piperazine rings is 1. The molecule has 0 radical (unpaired) electrons.